The van der Waals surface area contributed by atoms with Gasteiger partial charge in [0.15, 0.2) is 5.96 Å². The number of unbranched alkanes of at least 4 members (excludes halogenated alkanes) is 1. The van der Waals surface area contributed by atoms with Gasteiger partial charge in [-0.2, -0.15) is 4.31 Å². The summed E-state index contributed by atoms with van der Waals surface area (Å²) in [6.45, 7) is 8.83. The minimum atomic E-state index is -3.33. The van der Waals surface area contributed by atoms with E-state index in [9.17, 15) is 13.2 Å². The molecule has 1 amide bonds. The highest BCUT2D eigenvalue weighted by atomic mass is 127. The van der Waals surface area contributed by atoms with Crippen LogP contribution in [-0.2, 0) is 19.6 Å². The van der Waals surface area contributed by atoms with E-state index in [0.717, 1.165) is 19.4 Å². The first-order valence-corrected chi connectivity index (χ1v) is 11.6. The number of amides is 1. The van der Waals surface area contributed by atoms with Gasteiger partial charge in [-0.25, -0.2) is 13.4 Å². The molecule has 172 valence electrons. The van der Waals surface area contributed by atoms with Gasteiger partial charge < -0.3 is 19.9 Å². The minimum Gasteiger partial charge on any atom is -0.378 e. The number of piperazine rings is 1. The molecule has 1 saturated heterocycles. The summed E-state index contributed by atoms with van der Waals surface area (Å²) in [5.41, 5.74) is 0. The predicted octanol–water partition coefficient (Wildman–Crippen LogP) is 0.811. The number of carbonyl (C=O) groups is 1. The molecule has 0 atom stereocenters. The molecule has 1 heterocycles. The molecule has 0 radical (unpaired) electrons. The second kappa shape index (κ2) is 14.4. The van der Waals surface area contributed by atoms with E-state index in [2.05, 4.69) is 17.2 Å². The summed E-state index contributed by atoms with van der Waals surface area (Å²) in [5.74, 6) is 0.600. The predicted molar refractivity (Wildman–Crippen MR) is 127 cm³/mol. The maximum atomic E-state index is 12.5. The molecule has 0 aromatic heterocycles. The highest BCUT2D eigenvalue weighted by Gasteiger charge is 2.28. The van der Waals surface area contributed by atoms with Crippen molar-refractivity contribution >= 4 is 45.9 Å². The van der Waals surface area contributed by atoms with Crippen LogP contribution in [0.5, 0.6) is 0 Å². The van der Waals surface area contributed by atoms with Crippen LogP contribution < -0.4 is 5.32 Å². The number of hydrogen-bond acceptors (Lipinski definition) is 5. The Morgan fingerprint density at radius 1 is 1.21 bits per heavy atom. The maximum absolute atomic E-state index is 12.5. The van der Waals surface area contributed by atoms with Gasteiger partial charge in [-0.05, 0) is 20.3 Å². The van der Waals surface area contributed by atoms with Crippen LogP contribution in [0, 0.1) is 0 Å². The van der Waals surface area contributed by atoms with Crippen molar-refractivity contribution in [2.24, 2.45) is 4.99 Å². The largest absolute Gasteiger partial charge is 0.378 e. The maximum Gasteiger partial charge on any atom is 0.243 e. The molecule has 0 saturated carbocycles. The summed E-state index contributed by atoms with van der Waals surface area (Å²) in [7, 11) is 0.0807. The van der Waals surface area contributed by atoms with Crippen molar-refractivity contribution in [3.8, 4) is 0 Å². The van der Waals surface area contributed by atoms with E-state index in [1.807, 2.05) is 18.7 Å². The summed E-state index contributed by atoms with van der Waals surface area (Å²) in [6, 6.07) is 0. The fourth-order valence-corrected chi connectivity index (χ4v) is 3.91. The summed E-state index contributed by atoms with van der Waals surface area (Å²) in [4.78, 5) is 19.8. The van der Waals surface area contributed by atoms with Gasteiger partial charge in [0.05, 0.1) is 18.5 Å². The number of ether oxygens (including phenoxy) is 1. The van der Waals surface area contributed by atoms with Crippen LogP contribution in [0.25, 0.3) is 0 Å². The lowest BCUT2D eigenvalue weighted by molar-refractivity contribution is -0.127. The number of nitrogens with zero attached hydrogens (tertiary/aromatic N) is 4. The van der Waals surface area contributed by atoms with Gasteiger partial charge in [0.25, 0.3) is 0 Å². The Balaban J connectivity index is 0.00000784. The smallest absolute Gasteiger partial charge is 0.243 e. The van der Waals surface area contributed by atoms with Crippen LogP contribution in [-0.4, -0.2) is 106 Å². The fraction of sp³-hybridized carbons (Fsp3) is 0.889. The summed E-state index contributed by atoms with van der Waals surface area (Å²) in [5, 5.41) is 3.30. The van der Waals surface area contributed by atoms with Crippen molar-refractivity contribution in [3.05, 3.63) is 0 Å². The number of sulfonamides is 1. The molecule has 1 fully saturated rings. The number of halogens is 1. The SMILES string of the molecule is CCCCNC(=NCC(=O)N(C)C)N1CCN(S(=O)(=O)CCOC(C)C)CC1.I. The first-order chi connectivity index (χ1) is 13.2. The first kappa shape index (κ1) is 28.3. The third-order valence-corrected chi connectivity index (χ3v) is 6.23. The summed E-state index contributed by atoms with van der Waals surface area (Å²) < 4.78 is 31.8. The zero-order chi connectivity index (χ0) is 21.2. The van der Waals surface area contributed by atoms with E-state index in [1.165, 1.54) is 9.21 Å². The zero-order valence-electron chi connectivity index (χ0n) is 18.4. The second-order valence-corrected chi connectivity index (χ2v) is 9.42. The summed E-state index contributed by atoms with van der Waals surface area (Å²) >= 11 is 0. The van der Waals surface area contributed by atoms with Gasteiger partial charge in [-0.15, -0.1) is 24.0 Å². The molecule has 1 rings (SSSR count). The Labute approximate surface area is 193 Å². The van der Waals surface area contributed by atoms with Crippen molar-refractivity contribution in [2.45, 2.75) is 39.7 Å². The number of carbonyl (C=O) groups excluding carboxylic acids is 1. The van der Waals surface area contributed by atoms with Crippen LogP contribution >= 0.6 is 24.0 Å². The van der Waals surface area contributed by atoms with Crippen LogP contribution in [0.3, 0.4) is 0 Å². The van der Waals surface area contributed by atoms with Gasteiger partial charge in [0, 0.05) is 46.8 Å². The van der Waals surface area contributed by atoms with E-state index in [0.29, 0.717) is 32.1 Å². The van der Waals surface area contributed by atoms with Gasteiger partial charge in [0.2, 0.25) is 15.9 Å². The lowest BCUT2D eigenvalue weighted by atomic mass is 10.3. The average Bonchev–Trinajstić information content (AvgIpc) is 2.63. The number of guanidine groups is 1. The van der Waals surface area contributed by atoms with E-state index >= 15 is 0 Å². The van der Waals surface area contributed by atoms with Crippen LogP contribution in [0.15, 0.2) is 4.99 Å². The van der Waals surface area contributed by atoms with Crippen molar-refractivity contribution in [3.63, 3.8) is 0 Å². The molecule has 0 aromatic carbocycles. The van der Waals surface area contributed by atoms with Crippen molar-refractivity contribution < 1.29 is 17.9 Å². The Bertz CT molecular complexity index is 605. The molecule has 1 aliphatic heterocycles. The van der Waals surface area contributed by atoms with Crippen molar-refractivity contribution in [2.75, 3.05) is 65.7 Å². The van der Waals surface area contributed by atoms with E-state index in [-0.39, 0.29) is 54.9 Å². The molecule has 1 aliphatic rings. The quantitative estimate of drug-likeness (QED) is 0.188. The van der Waals surface area contributed by atoms with E-state index in [1.54, 1.807) is 14.1 Å². The Kier molecular flexibility index (Phi) is 14.0. The standard InChI is InChI=1S/C18H37N5O4S.HI/c1-6-7-8-19-18(20-15-17(24)21(4)5)22-9-11-23(12-10-22)28(25,26)14-13-27-16(2)3;/h16H,6-15H2,1-5H3,(H,19,20);1H. The van der Waals surface area contributed by atoms with Gasteiger partial charge >= 0.3 is 0 Å². The molecule has 0 bridgehead atoms. The molecule has 0 aromatic rings. The fourth-order valence-electron chi connectivity index (χ4n) is 2.62. The second-order valence-electron chi connectivity index (χ2n) is 7.33. The molecule has 0 unspecified atom stereocenters. The molecule has 0 spiro atoms. The van der Waals surface area contributed by atoms with Crippen molar-refractivity contribution in [1.82, 2.24) is 19.4 Å². The van der Waals surface area contributed by atoms with Crippen LogP contribution in [0.1, 0.15) is 33.6 Å². The number of rotatable bonds is 10. The minimum absolute atomic E-state index is 0. The molecule has 1 N–H and O–H groups in total. The van der Waals surface area contributed by atoms with Gasteiger partial charge in [-0.1, -0.05) is 13.3 Å². The van der Waals surface area contributed by atoms with Gasteiger partial charge in [-0.3, -0.25) is 4.79 Å². The van der Waals surface area contributed by atoms with E-state index < -0.39 is 10.0 Å². The Morgan fingerprint density at radius 2 is 1.83 bits per heavy atom. The molecule has 0 aliphatic carbocycles. The normalized spacial score (nSPS) is 15.9. The molecular formula is C18H38IN5O4S. The van der Waals surface area contributed by atoms with Crippen LogP contribution in [0.4, 0.5) is 0 Å². The third-order valence-electron chi connectivity index (χ3n) is 4.40. The number of nitrogens with one attached hydrogen (secondary N) is 1. The monoisotopic (exact) mass is 547 g/mol. The Hall–Kier alpha value is -0.660. The topological polar surface area (TPSA) is 94.5 Å². The lowest BCUT2D eigenvalue weighted by Crippen LogP contribution is -2.54. The lowest BCUT2D eigenvalue weighted by Gasteiger charge is -2.36. The molecule has 11 heteroatoms. The van der Waals surface area contributed by atoms with Gasteiger partial charge in [0.1, 0.15) is 6.54 Å². The van der Waals surface area contributed by atoms with E-state index in [4.69, 9.17) is 4.74 Å². The molecule has 9 nitrogen and oxygen atoms in total. The number of hydrogen-bond donors (Lipinski definition) is 1. The molecular weight excluding hydrogens is 509 g/mol. The first-order valence-electron chi connectivity index (χ1n) is 10.00. The number of likely N-dealkylation sites (N-methyl/N-ethyl adjacent to an activating group) is 1. The van der Waals surface area contributed by atoms with Crippen molar-refractivity contribution in [1.29, 1.82) is 0 Å². The average molecular weight is 548 g/mol. The highest BCUT2D eigenvalue weighted by molar-refractivity contribution is 14.0. The molecule has 29 heavy (non-hydrogen) atoms. The van der Waals surface area contributed by atoms with Crippen LogP contribution in [0.2, 0.25) is 0 Å². The number of aliphatic imine (C=N–C) groups is 1. The zero-order valence-corrected chi connectivity index (χ0v) is 21.5. The third kappa shape index (κ3) is 10.8. The summed E-state index contributed by atoms with van der Waals surface area (Å²) in [6.07, 6.45) is 2.08. The Morgan fingerprint density at radius 3 is 2.34 bits per heavy atom. The highest BCUT2D eigenvalue weighted by Crippen LogP contribution is 2.09.